The molecule has 29 heavy (non-hydrogen) atoms. The SMILES string of the molecule is O=C(O)c1ccc(-c2ccc(/C=N/NC(=O)c3cc(O)c(O)c(O)c3)cc2)cc1. The zero-order valence-corrected chi connectivity index (χ0v) is 14.9. The summed E-state index contributed by atoms with van der Waals surface area (Å²) in [6, 6.07) is 15.7. The molecule has 0 aliphatic carbocycles. The number of phenols is 3. The van der Waals surface area contributed by atoms with E-state index in [2.05, 4.69) is 10.5 Å². The van der Waals surface area contributed by atoms with E-state index in [0.29, 0.717) is 5.56 Å². The third-order valence-electron chi connectivity index (χ3n) is 4.09. The minimum Gasteiger partial charge on any atom is -0.504 e. The van der Waals surface area contributed by atoms with Gasteiger partial charge in [-0.2, -0.15) is 5.10 Å². The molecule has 0 atom stereocenters. The molecule has 0 aromatic heterocycles. The van der Waals surface area contributed by atoms with Crippen molar-refractivity contribution in [3.63, 3.8) is 0 Å². The standard InChI is InChI=1S/C21H16N2O6/c24-17-9-16(10-18(25)19(17)26)20(27)23-22-11-12-1-3-13(4-2-12)14-5-7-15(8-6-14)21(28)29/h1-11,24-26H,(H,23,27)(H,28,29)/b22-11+. The summed E-state index contributed by atoms with van der Waals surface area (Å²) >= 11 is 0. The Hall–Kier alpha value is -4.33. The number of aromatic carboxylic acids is 1. The van der Waals surface area contributed by atoms with Crippen molar-refractivity contribution in [1.82, 2.24) is 5.43 Å². The highest BCUT2D eigenvalue weighted by molar-refractivity contribution is 5.96. The molecule has 0 unspecified atom stereocenters. The Kier molecular flexibility index (Phi) is 5.45. The van der Waals surface area contributed by atoms with Crippen LogP contribution in [0.3, 0.4) is 0 Å². The second-order valence-corrected chi connectivity index (χ2v) is 6.07. The van der Waals surface area contributed by atoms with E-state index in [1.54, 1.807) is 24.3 Å². The van der Waals surface area contributed by atoms with Gasteiger partial charge in [0.25, 0.3) is 5.91 Å². The molecule has 0 heterocycles. The fourth-order valence-corrected chi connectivity index (χ4v) is 2.53. The first-order valence-corrected chi connectivity index (χ1v) is 8.37. The minimum atomic E-state index is -0.983. The number of hydrogen-bond acceptors (Lipinski definition) is 6. The highest BCUT2D eigenvalue weighted by Gasteiger charge is 2.12. The lowest BCUT2D eigenvalue weighted by molar-refractivity contribution is 0.0696. The number of hydrazone groups is 1. The summed E-state index contributed by atoms with van der Waals surface area (Å²) in [7, 11) is 0. The molecule has 0 saturated heterocycles. The lowest BCUT2D eigenvalue weighted by Crippen LogP contribution is -2.17. The molecule has 3 rings (SSSR count). The van der Waals surface area contributed by atoms with E-state index >= 15 is 0 Å². The van der Waals surface area contributed by atoms with Crippen molar-refractivity contribution in [1.29, 1.82) is 0 Å². The van der Waals surface area contributed by atoms with Crippen LogP contribution in [0.4, 0.5) is 0 Å². The summed E-state index contributed by atoms with van der Waals surface area (Å²) in [6.45, 7) is 0. The van der Waals surface area contributed by atoms with Crippen LogP contribution in [-0.2, 0) is 0 Å². The van der Waals surface area contributed by atoms with Crippen LogP contribution >= 0.6 is 0 Å². The number of carboxylic acids is 1. The second-order valence-electron chi connectivity index (χ2n) is 6.07. The first-order valence-electron chi connectivity index (χ1n) is 8.37. The van der Waals surface area contributed by atoms with Gasteiger partial charge < -0.3 is 20.4 Å². The first kappa shape index (κ1) is 19.4. The number of rotatable bonds is 5. The van der Waals surface area contributed by atoms with E-state index in [9.17, 15) is 24.9 Å². The molecular weight excluding hydrogens is 376 g/mol. The van der Waals surface area contributed by atoms with Crippen LogP contribution in [0.5, 0.6) is 17.2 Å². The van der Waals surface area contributed by atoms with E-state index < -0.39 is 29.1 Å². The third kappa shape index (κ3) is 4.51. The maximum absolute atomic E-state index is 12.0. The number of hydrogen-bond donors (Lipinski definition) is 5. The Balaban J connectivity index is 1.65. The lowest BCUT2D eigenvalue weighted by atomic mass is 10.0. The summed E-state index contributed by atoms with van der Waals surface area (Å²) in [4.78, 5) is 22.9. The van der Waals surface area contributed by atoms with Gasteiger partial charge in [0.15, 0.2) is 17.2 Å². The number of carboxylic acid groups (broad SMARTS) is 1. The van der Waals surface area contributed by atoms with Crippen LogP contribution in [-0.4, -0.2) is 38.5 Å². The molecule has 0 radical (unpaired) electrons. The molecule has 5 N–H and O–H groups in total. The molecule has 0 aliphatic rings. The van der Waals surface area contributed by atoms with E-state index in [1.807, 2.05) is 12.1 Å². The molecule has 0 saturated carbocycles. The number of carbonyl (C=O) groups is 2. The van der Waals surface area contributed by atoms with Crippen molar-refractivity contribution >= 4 is 18.1 Å². The average molecular weight is 392 g/mol. The molecule has 146 valence electrons. The van der Waals surface area contributed by atoms with Crippen LogP contribution in [0, 0.1) is 0 Å². The average Bonchev–Trinajstić information content (AvgIpc) is 2.72. The van der Waals surface area contributed by atoms with Crippen LogP contribution in [0.1, 0.15) is 26.3 Å². The van der Waals surface area contributed by atoms with Crippen molar-refractivity contribution in [2.24, 2.45) is 5.10 Å². The molecule has 1 amide bonds. The summed E-state index contributed by atoms with van der Waals surface area (Å²) in [5, 5.41) is 40.9. The van der Waals surface area contributed by atoms with E-state index in [1.165, 1.54) is 18.3 Å². The molecule has 3 aromatic carbocycles. The molecule has 8 nitrogen and oxygen atoms in total. The molecule has 0 spiro atoms. The van der Waals surface area contributed by atoms with E-state index in [4.69, 9.17) is 5.11 Å². The van der Waals surface area contributed by atoms with Gasteiger partial charge in [0.1, 0.15) is 0 Å². The quantitative estimate of drug-likeness (QED) is 0.257. The van der Waals surface area contributed by atoms with Crippen LogP contribution in [0.2, 0.25) is 0 Å². The highest BCUT2D eigenvalue weighted by Crippen LogP contribution is 2.35. The summed E-state index contributed by atoms with van der Waals surface area (Å²) in [5.41, 5.74) is 4.84. The normalized spacial score (nSPS) is 10.8. The van der Waals surface area contributed by atoms with Gasteiger partial charge in [0, 0.05) is 5.56 Å². The van der Waals surface area contributed by atoms with Gasteiger partial charge in [-0.05, 0) is 41.0 Å². The summed E-state index contributed by atoms with van der Waals surface area (Å²) < 4.78 is 0. The predicted octanol–water partition coefficient (Wildman–Crippen LogP) is 2.93. The number of nitrogens with one attached hydrogen (secondary N) is 1. The highest BCUT2D eigenvalue weighted by atomic mass is 16.4. The van der Waals surface area contributed by atoms with Crippen molar-refractivity contribution < 1.29 is 30.0 Å². The van der Waals surface area contributed by atoms with Gasteiger partial charge in [0.05, 0.1) is 11.8 Å². The summed E-state index contributed by atoms with van der Waals surface area (Å²) in [6.07, 6.45) is 1.41. The van der Waals surface area contributed by atoms with Gasteiger partial charge in [-0.25, -0.2) is 10.2 Å². The van der Waals surface area contributed by atoms with Gasteiger partial charge in [-0.15, -0.1) is 0 Å². The molecule has 3 aromatic rings. The Morgan fingerprint density at radius 1 is 0.793 bits per heavy atom. The van der Waals surface area contributed by atoms with Gasteiger partial charge >= 0.3 is 5.97 Å². The fraction of sp³-hybridized carbons (Fsp3) is 0. The maximum atomic E-state index is 12.0. The largest absolute Gasteiger partial charge is 0.504 e. The van der Waals surface area contributed by atoms with Gasteiger partial charge in [-0.3, -0.25) is 4.79 Å². The maximum Gasteiger partial charge on any atom is 0.335 e. The first-order chi connectivity index (χ1) is 13.8. The summed E-state index contributed by atoms with van der Waals surface area (Å²) in [5.74, 6) is -3.61. The number of benzene rings is 3. The smallest absolute Gasteiger partial charge is 0.335 e. The number of phenolic OH excluding ortho intramolecular Hbond substituents is 3. The van der Waals surface area contributed by atoms with Gasteiger partial charge in [-0.1, -0.05) is 36.4 Å². The molecule has 8 heteroatoms. The van der Waals surface area contributed by atoms with Crippen molar-refractivity contribution in [2.45, 2.75) is 0 Å². The zero-order chi connectivity index (χ0) is 21.0. The van der Waals surface area contributed by atoms with Crippen LogP contribution in [0.15, 0.2) is 65.8 Å². The number of amides is 1. The Bertz CT molecular complexity index is 1070. The fourth-order valence-electron chi connectivity index (χ4n) is 2.53. The van der Waals surface area contributed by atoms with Crippen molar-refractivity contribution in [3.05, 3.63) is 77.4 Å². The predicted molar refractivity (Wildman–Crippen MR) is 105 cm³/mol. The lowest BCUT2D eigenvalue weighted by Gasteiger charge is -2.05. The molecule has 0 fully saturated rings. The molecule has 0 aliphatic heterocycles. The Morgan fingerprint density at radius 3 is 1.83 bits per heavy atom. The van der Waals surface area contributed by atoms with Crippen molar-refractivity contribution in [2.75, 3.05) is 0 Å². The second kappa shape index (κ2) is 8.13. The Labute approximate surface area is 165 Å². The van der Waals surface area contributed by atoms with Crippen LogP contribution < -0.4 is 5.43 Å². The number of aromatic hydroxyl groups is 3. The van der Waals surface area contributed by atoms with Gasteiger partial charge in [0.2, 0.25) is 0 Å². The monoisotopic (exact) mass is 392 g/mol. The van der Waals surface area contributed by atoms with Crippen LogP contribution in [0.25, 0.3) is 11.1 Å². The third-order valence-corrected chi connectivity index (χ3v) is 4.09. The zero-order valence-electron chi connectivity index (χ0n) is 14.9. The topological polar surface area (TPSA) is 139 Å². The number of nitrogens with zero attached hydrogens (tertiary/aromatic N) is 1. The van der Waals surface area contributed by atoms with E-state index in [-0.39, 0.29) is 11.1 Å². The number of carbonyl (C=O) groups excluding carboxylic acids is 1. The van der Waals surface area contributed by atoms with Crippen molar-refractivity contribution in [3.8, 4) is 28.4 Å². The molecule has 0 bridgehead atoms. The Morgan fingerprint density at radius 2 is 1.31 bits per heavy atom. The minimum absolute atomic E-state index is 0.0740. The molecular formula is C21H16N2O6. The van der Waals surface area contributed by atoms with E-state index in [0.717, 1.165) is 23.3 Å².